The molecule has 6 heteroatoms. The van der Waals surface area contributed by atoms with Crippen LogP contribution in [0.15, 0.2) is 60.0 Å². The average Bonchev–Trinajstić information content (AvgIpc) is 3.18. The van der Waals surface area contributed by atoms with Crippen LogP contribution in [0.25, 0.3) is 0 Å². The van der Waals surface area contributed by atoms with Crippen molar-refractivity contribution >= 4 is 34.5 Å². The van der Waals surface area contributed by atoms with Gasteiger partial charge in [-0.1, -0.05) is 23.8 Å². The monoisotopic (exact) mass is 366 g/mol. The Balaban J connectivity index is 1.74. The number of carbonyl (C=O) groups is 2. The van der Waals surface area contributed by atoms with Gasteiger partial charge in [0.25, 0.3) is 11.8 Å². The minimum absolute atomic E-state index is 0.199. The van der Waals surface area contributed by atoms with Crippen molar-refractivity contribution in [3.05, 3.63) is 76.0 Å². The van der Waals surface area contributed by atoms with Crippen molar-refractivity contribution in [2.75, 3.05) is 17.7 Å². The first-order valence-corrected chi connectivity index (χ1v) is 8.85. The highest BCUT2D eigenvalue weighted by molar-refractivity contribution is 7.12. The number of hydrogen-bond donors (Lipinski definition) is 2. The van der Waals surface area contributed by atoms with Crippen LogP contribution in [0.5, 0.6) is 5.75 Å². The van der Waals surface area contributed by atoms with Crippen molar-refractivity contribution in [2.24, 2.45) is 0 Å². The Kier molecular flexibility index (Phi) is 5.34. The molecule has 0 saturated carbocycles. The van der Waals surface area contributed by atoms with E-state index in [-0.39, 0.29) is 11.8 Å². The smallest absolute Gasteiger partial charge is 0.265 e. The van der Waals surface area contributed by atoms with Gasteiger partial charge in [0.15, 0.2) is 0 Å². The molecule has 2 N–H and O–H groups in total. The maximum atomic E-state index is 12.3. The molecular weight excluding hydrogens is 348 g/mol. The van der Waals surface area contributed by atoms with Crippen molar-refractivity contribution in [1.29, 1.82) is 0 Å². The number of ether oxygens (including phenoxy) is 1. The van der Waals surface area contributed by atoms with Crippen LogP contribution in [0.1, 0.15) is 25.6 Å². The molecule has 0 unspecified atom stereocenters. The maximum absolute atomic E-state index is 12.3. The van der Waals surface area contributed by atoms with E-state index in [9.17, 15) is 9.59 Å². The summed E-state index contributed by atoms with van der Waals surface area (Å²) in [5.41, 5.74) is 2.79. The first-order chi connectivity index (χ1) is 12.6. The third-order valence-electron chi connectivity index (χ3n) is 3.77. The Labute approximate surface area is 155 Å². The van der Waals surface area contributed by atoms with E-state index in [4.69, 9.17) is 4.74 Å². The molecule has 0 saturated heterocycles. The molecule has 2 amide bonds. The molecule has 0 spiro atoms. The number of hydrogen-bond acceptors (Lipinski definition) is 4. The van der Waals surface area contributed by atoms with Crippen molar-refractivity contribution in [1.82, 2.24) is 0 Å². The van der Waals surface area contributed by atoms with Crippen molar-refractivity contribution < 1.29 is 14.3 Å². The van der Waals surface area contributed by atoms with E-state index >= 15 is 0 Å². The standard InChI is InChI=1S/C20H18N2O3S/c1-13-5-7-14(8-6-13)19(23)21-15-9-10-16(17(12-15)25-2)22-20(24)18-4-3-11-26-18/h3-12H,1-2H3,(H,21,23)(H,22,24). The summed E-state index contributed by atoms with van der Waals surface area (Å²) >= 11 is 1.36. The molecule has 26 heavy (non-hydrogen) atoms. The van der Waals surface area contributed by atoms with Gasteiger partial charge in [0.05, 0.1) is 17.7 Å². The predicted molar refractivity (Wildman–Crippen MR) is 104 cm³/mol. The normalized spacial score (nSPS) is 10.2. The number of carbonyl (C=O) groups excluding carboxylic acids is 2. The summed E-state index contributed by atoms with van der Waals surface area (Å²) in [5.74, 6) is 0.0637. The molecule has 0 aliphatic heterocycles. The number of rotatable bonds is 5. The Morgan fingerprint density at radius 2 is 1.73 bits per heavy atom. The molecule has 0 fully saturated rings. The number of benzene rings is 2. The van der Waals surface area contributed by atoms with E-state index in [0.29, 0.717) is 27.6 Å². The van der Waals surface area contributed by atoms with Crippen LogP contribution in [0.2, 0.25) is 0 Å². The molecule has 132 valence electrons. The lowest BCUT2D eigenvalue weighted by molar-refractivity contribution is 0.102. The highest BCUT2D eigenvalue weighted by atomic mass is 32.1. The van der Waals surface area contributed by atoms with Gasteiger partial charge in [0.2, 0.25) is 0 Å². The zero-order chi connectivity index (χ0) is 18.5. The third-order valence-corrected chi connectivity index (χ3v) is 4.63. The zero-order valence-corrected chi connectivity index (χ0v) is 15.2. The van der Waals surface area contributed by atoms with E-state index in [0.717, 1.165) is 5.56 Å². The lowest BCUT2D eigenvalue weighted by atomic mass is 10.1. The van der Waals surface area contributed by atoms with Crippen LogP contribution < -0.4 is 15.4 Å². The summed E-state index contributed by atoms with van der Waals surface area (Å²) in [7, 11) is 1.52. The molecule has 0 aliphatic rings. The summed E-state index contributed by atoms with van der Waals surface area (Å²) in [6, 6.07) is 16.0. The SMILES string of the molecule is COc1cc(NC(=O)c2ccc(C)cc2)ccc1NC(=O)c1cccs1. The minimum Gasteiger partial charge on any atom is -0.494 e. The Morgan fingerprint density at radius 3 is 2.38 bits per heavy atom. The molecule has 0 atom stereocenters. The van der Waals surface area contributed by atoms with Gasteiger partial charge in [-0.2, -0.15) is 0 Å². The lowest BCUT2D eigenvalue weighted by Gasteiger charge is -2.12. The Morgan fingerprint density at radius 1 is 0.962 bits per heavy atom. The molecule has 1 aromatic heterocycles. The van der Waals surface area contributed by atoms with Gasteiger partial charge in [0, 0.05) is 17.3 Å². The van der Waals surface area contributed by atoms with E-state index < -0.39 is 0 Å². The predicted octanol–water partition coefficient (Wildman–Crippen LogP) is 4.57. The molecular formula is C20H18N2O3S. The van der Waals surface area contributed by atoms with Gasteiger partial charge in [-0.15, -0.1) is 11.3 Å². The number of nitrogens with one attached hydrogen (secondary N) is 2. The fourth-order valence-corrected chi connectivity index (χ4v) is 2.99. The van der Waals surface area contributed by atoms with E-state index in [1.54, 1.807) is 36.4 Å². The molecule has 3 aromatic rings. The molecule has 0 aliphatic carbocycles. The molecule has 0 bridgehead atoms. The summed E-state index contributed by atoms with van der Waals surface area (Å²) < 4.78 is 5.34. The van der Waals surface area contributed by atoms with Crippen LogP contribution in [0.4, 0.5) is 11.4 Å². The number of anilines is 2. The minimum atomic E-state index is -0.206. The number of amides is 2. The second-order valence-electron chi connectivity index (χ2n) is 5.67. The second kappa shape index (κ2) is 7.84. The van der Waals surface area contributed by atoms with E-state index in [1.165, 1.54) is 18.4 Å². The lowest BCUT2D eigenvalue weighted by Crippen LogP contribution is -2.13. The topological polar surface area (TPSA) is 67.4 Å². The summed E-state index contributed by atoms with van der Waals surface area (Å²) in [4.78, 5) is 25.1. The highest BCUT2D eigenvalue weighted by Crippen LogP contribution is 2.29. The zero-order valence-electron chi connectivity index (χ0n) is 14.4. The van der Waals surface area contributed by atoms with Crippen molar-refractivity contribution in [3.63, 3.8) is 0 Å². The van der Waals surface area contributed by atoms with Gasteiger partial charge in [-0.3, -0.25) is 9.59 Å². The summed E-state index contributed by atoms with van der Waals surface area (Å²) in [6.07, 6.45) is 0. The third kappa shape index (κ3) is 4.10. The number of thiophene rings is 1. The molecule has 5 nitrogen and oxygen atoms in total. The van der Waals surface area contributed by atoms with Crippen LogP contribution >= 0.6 is 11.3 Å². The largest absolute Gasteiger partial charge is 0.494 e. The van der Waals surface area contributed by atoms with Gasteiger partial charge in [0.1, 0.15) is 5.75 Å². The van der Waals surface area contributed by atoms with Crippen LogP contribution in [-0.2, 0) is 0 Å². The summed E-state index contributed by atoms with van der Waals surface area (Å²) in [5, 5.41) is 7.49. The van der Waals surface area contributed by atoms with Crippen LogP contribution in [0, 0.1) is 6.92 Å². The van der Waals surface area contributed by atoms with Crippen molar-refractivity contribution in [3.8, 4) is 5.75 Å². The van der Waals surface area contributed by atoms with Gasteiger partial charge < -0.3 is 15.4 Å². The van der Waals surface area contributed by atoms with Gasteiger partial charge >= 0.3 is 0 Å². The van der Waals surface area contributed by atoms with Crippen LogP contribution in [-0.4, -0.2) is 18.9 Å². The van der Waals surface area contributed by atoms with E-state index in [1.807, 2.05) is 30.5 Å². The summed E-state index contributed by atoms with van der Waals surface area (Å²) in [6.45, 7) is 1.97. The van der Waals surface area contributed by atoms with Crippen molar-refractivity contribution in [2.45, 2.75) is 6.92 Å². The first kappa shape index (κ1) is 17.7. The van der Waals surface area contributed by atoms with Gasteiger partial charge in [-0.25, -0.2) is 0 Å². The molecule has 1 heterocycles. The average molecular weight is 366 g/mol. The molecule has 3 rings (SSSR count). The Hall–Kier alpha value is -3.12. The second-order valence-corrected chi connectivity index (χ2v) is 6.61. The quantitative estimate of drug-likeness (QED) is 0.695. The Bertz CT molecular complexity index is 919. The maximum Gasteiger partial charge on any atom is 0.265 e. The number of aryl methyl sites for hydroxylation is 1. The fourth-order valence-electron chi connectivity index (χ4n) is 2.37. The fraction of sp³-hybridized carbons (Fsp3) is 0.100. The number of methoxy groups -OCH3 is 1. The first-order valence-electron chi connectivity index (χ1n) is 7.98. The van der Waals surface area contributed by atoms with Gasteiger partial charge in [-0.05, 0) is 42.6 Å². The molecule has 2 aromatic carbocycles. The van der Waals surface area contributed by atoms with Crippen LogP contribution in [0.3, 0.4) is 0 Å². The van der Waals surface area contributed by atoms with E-state index in [2.05, 4.69) is 10.6 Å². The molecule has 0 radical (unpaired) electrons. The highest BCUT2D eigenvalue weighted by Gasteiger charge is 2.12.